The van der Waals surface area contributed by atoms with Crippen LogP contribution in [0.3, 0.4) is 0 Å². The van der Waals surface area contributed by atoms with Gasteiger partial charge in [-0.2, -0.15) is 0 Å². The van der Waals surface area contributed by atoms with Crippen molar-refractivity contribution in [2.24, 2.45) is 0 Å². The molecule has 7 heteroatoms. The Hall–Kier alpha value is -0.230. The number of aliphatic hydroxyl groups is 1. The third-order valence-electron chi connectivity index (χ3n) is 2.37. The minimum Gasteiger partial charge on any atom is -1.00 e. The molecule has 0 heterocycles. The van der Waals surface area contributed by atoms with Crippen LogP contribution in [0.4, 0.5) is 0 Å². The van der Waals surface area contributed by atoms with E-state index in [1.54, 1.807) is 13.2 Å². The predicted octanol–water partition coefficient (Wildman–Crippen LogP) is -1.32. The second-order valence-corrected chi connectivity index (χ2v) is 4.57. The van der Waals surface area contributed by atoms with Gasteiger partial charge in [0.1, 0.15) is 5.75 Å². The van der Waals surface area contributed by atoms with Crippen LogP contribution in [0.25, 0.3) is 0 Å². The Kier molecular flexibility index (Phi) is 10.4. The van der Waals surface area contributed by atoms with Crippen molar-refractivity contribution in [2.75, 3.05) is 33.4 Å². The van der Waals surface area contributed by atoms with Crippen molar-refractivity contribution < 1.29 is 22.3 Å². The van der Waals surface area contributed by atoms with Crippen molar-refractivity contribution in [3.8, 4) is 5.75 Å². The molecule has 1 aromatic carbocycles. The quantitative estimate of drug-likeness (QED) is 0.518. The van der Waals surface area contributed by atoms with Crippen molar-refractivity contribution in [2.45, 2.75) is 6.54 Å². The molecule has 0 spiro atoms. The van der Waals surface area contributed by atoms with Crippen molar-refractivity contribution in [1.29, 1.82) is 0 Å². The van der Waals surface area contributed by atoms with Gasteiger partial charge in [0.15, 0.2) is 0 Å². The lowest BCUT2D eigenvalue weighted by Crippen LogP contribution is -3.00. The first kappa shape index (κ1) is 18.8. The van der Waals surface area contributed by atoms with Gasteiger partial charge in [0.25, 0.3) is 0 Å². The molecule has 19 heavy (non-hydrogen) atoms. The Morgan fingerprint density at radius 1 is 1.16 bits per heavy atom. The van der Waals surface area contributed by atoms with Gasteiger partial charge in [0, 0.05) is 36.8 Å². The van der Waals surface area contributed by atoms with Crippen molar-refractivity contribution in [3.05, 3.63) is 27.7 Å². The van der Waals surface area contributed by atoms with Crippen molar-refractivity contribution in [1.82, 2.24) is 10.6 Å². The predicted molar refractivity (Wildman–Crippen MR) is 74.7 cm³/mol. The van der Waals surface area contributed by atoms with Gasteiger partial charge in [-0.05, 0) is 12.1 Å². The van der Waals surface area contributed by atoms with Crippen LogP contribution in [0.1, 0.15) is 5.56 Å². The summed E-state index contributed by atoms with van der Waals surface area (Å²) in [6.45, 7) is 2.96. The smallest absolute Gasteiger partial charge is 0.142 e. The lowest BCUT2D eigenvalue weighted by molar-refractivity contribution is -0.00000491. The molecule has 0 fully saturated rings. The number of hydrogen-bond donors (Lipinski definition) is 3. The SMILES string of the molecule is COc1c(Cl)cc(Cl)cc1CNCCNCCO.[Cl-]. The summed E-state index contributed by atoms with van der Waals surface area (Å²) >= 11 is 12.0. The molecule has 0 aromatic heterocycles. The topological polar surface area (TPSA) is 53.5 Å². The Morgan fingerprint density at radius 2 is 1.84 bits per heavy atom. The lowest BCUT2D eigenvalue weighted by Gasteiger charge is -2.12. The number of rotatable bonds is 8. The first-order valence-electron chi connectivity index (χ1n) is 5.73. The van der Waals surface area contributed by atoms with Gasteiger partial charge in [0.2, 0.25) is 0 Å². The Labute approximate surface area is 129 Å². The standard InChI is InChI=1S/C12H18Cl2N2O2.ClH/c1-18-12-9(6-10(13)7-11(12)14)8-16-3-2-15-4-5-17;/h6-7,15-17H,2-5,8H2,1H3;1H/p-1. The summed E-state index contributed by atoms with van der Waals surface area (Å²) in [4.78, 5) is 0. The number of nitrogens with one attached hydrogen (secondary N) is 2. The molecule has 0 saturated heterocycles. The third-order valence-corrected chi connectivity index (χ3v) is 2.87. The fourth-order valence-electron chi connectivity index (χ4n) is 1.58. The number of benzene rings is 1. The molecule has 0 atom stereocenters. The Balaban J connectivity index is 0.00000324. The number of halogens is 3. The van der Waals surface area contributed by atoms with E-state index in [9.17, 15) is 0 Å². The van der Waals surface area contributed by atoms with Crippen LogP contribution in [0.2, 0.25) is 10.0 Å². The highest BCUT2D eigenvalue weighted by Crippen LogP contribution is 2.31. The Bertz CT molecular complexity index is 378. The molecular formula is C12H18Cl3N2O2-. The van der Waals surface area contributed by atoms with E-state index in [1.165, 1.54) is 0 Å². The van der Waals surface area contributed by atoms with Crippen molar-refractivity contribution >= 4 is 23.2 Å². The van der Waals surface area contributed by atoms with E-state index in [-0.39, 0.29) is 19.0 Å². The van der Waals surface area contributed by atoms with E-state index in [0.717, 1.165) is 18.7 Å². The van der Waals surface area contributed by atoms with E-state index in [0.29, 0.717) is 28.9 Å². The van der Waals surface area contributed by atoms with E-state index in [2.05, 4.69) is 10.6 Å². The maximum atomic E-state index is 8.60. The van der Waals surface area contributed by atoms with Gasteiger partial charge in [-0.15, -0.1) is 0 Å². The molecule has 0 aliphatic rings. The molecule has 0 radical (unpaired) electrons. The normalized spacial score (nSPS) is 10.1. The average Bonchev–Trinajstić information content (AvgIpc) is 2.33. The molecule has 1 rings (SSSR count). The number of aliphatic hydroxyl groups excluding tert-OH is 1. The van der Waals surface area contributed by atoms with Crippen LogP contribution in [-0.2, 0) is 6.54 Å². The van der Waals surface area contributed by atoms with Gasteiger partial charge in [-0.1, -0.05) is 23.2 Å². The summed E-state index contributed by atoms with van der Waals surface area (Å²) in [7, 11) is 1.58. The molecule has 0 unspecified atom stereocenters. The molecule has 0 amide bonds. The fraction of sp³-hybridized carbons (Fsp3) is 0.500. The van der Waals surface area contributed by atoms with E-state index in [1.807, 2.05) is 6.07 Å². The zero-order valence-corrected chi connectivity index (χ0v) is 12.9. The summed E-state index contributed by atoms with van der Waals surface area (Å²) in [5.41, 5.74) is 0.928. The molecule has 4 nitrogen and oxygen atoms in total. The second-order valence-electron chi connectivity index (χ2n) is 3.73. The van der Waals surface area contributed by atoms with E-state index in [4.69, 9.17) is 33.0 Å². The monoisotopic (exact) mass is 327 g/mol. The van der Waals surface area contributed by atoms with E-state index >= 15 is 0 Å². The minimum absolute atomic E-state index is 0. The Morgan fingerprint density at radius 3 is 2.47 bits per heavy atom. The molecule has 110 valence electrons. The number of hydrogen-bond acceptors (Lipinski definition) is 4. The zero-order valence-electron chi connectivity index (χ0n) is 10.7. The third kappa shape index (κ3) is 6.65. The number of methoxy groups -OCH3 is 1. The van der Waals surface area contributed by atoms with Gasteiger partial charge in [0.05, 0.1) is 18.7 Å². The summed E-state index contributed by atoms with van der Waals surface area (Å²) in [6.07, 6.45) is 0. The van der Waals surface area contributed by atoms with E-state index < -0.39 is 0 Å². The van der Waals surface area contributed by atoms with Gasteiger partial charge in [-0.25, -0.2) is 0 Å². The zero-order chi connectivity index (χ0) is 13.4. The molecule has 0 bridgehead atoms. The first-order chi connectivity index (χ1) is 8.69. The maximum absolute atomic E-state index is 8.60. The maximum Gasteiger partial charge on any atom is 0.142 e. The fourth-order valence-corrected chi connectivity index (χ4v) is 2.19. The highest BCUT2D eigenvalue weighted by molar-refractivity contribution is 6.35. The highest BCUT2D eigenvalue weighted by atomic mass is 35.5. The summed E-state index contributed by atoms with van der Waals surface area (Å²) in [5.74, 6) is 0.650. The van der Waals surface area contributed by atoms with Crippen LogP contribution < -0.4 is 27.8 Å². The largest absolute Gasteiger partial charge is 1.00 e. The average molecular weight is 329 g/mol. The second kappa shape index (κ2) is 10.5. The molecule has 0 aliphatic heterocycles. The number of ether oxygens (including phenoxy) is 1. The molecule has 1 aromatic rings. The highest BCUT2D eigenvalue weighted by Gasteiger charge is 2.09. The minimum atomic E-state index is 0. The van der Waals surface area contributed by atoms with Crippen LogP contribution in [0.5, 0.6) is 5.75 Å². The molecular weight excluding hydrogens is 311 g/mol. The van der Waals surface area contributed by atoms with Crippen LogP contribution in [-0.4, -0.2) is 38.5 Å². The summed E-state index contributed by atoms with van der Waals surface area (Å²) < 4.78 is 5.25. The van der Waals surface area contributed by atoms with Crippen LogP contribution in [0, 0.1) is 0 Å². The lowest BCUT2D eigenvalue weighted by atomic mass is 10.2. The van der Waals surface area contributed by atoms with Gasteiger partial charge < -0.3 is 32.9 Å². The summed E-state index contributed by atoms with van der Waals surface area (Å²) in [6, 6.07) is 3.49. The first-order valence-corrected chi connectivity index (χ1v) is 6.48. The molecule has 3 N–H and O–H groups in total. The van der Waals surface area contributed by atoms with Gasteiger partial charge >= 0.3 is 0 Å². The molecule has 0 aliphatic carbocycles. The van der Waals surface area contributed by atoms with Crippen LogP contribution in [0.15, 0.2) is 12.1 Å². The van der Waals surface area contributed by atoms with Crippen LogP contribution >= 0.6 is 23.2 Å². The molecule has 0 saturated carbocycles. The summed E-state index contributed by atoms with van der Waals surface area (Å²) in [5, 5.41) is 16.0. The van der Waals surface area contributed by atoms with Crippen molar-refractivity contribution in [3.63, 3.8) is 0 Å². The van der Waals surface area contributed by atoms with Gasteiger partial charge in [-0.3, -0.25) is 0 Å².